The smallest absolute Gasteiger partial charge is 0.317 e. The van der Waals surface area contributed by atoms with Crippen molar-refractivity contribution in [3.63, 3.8) is 0 Å². The predicted octanol–water partition coefficient (Wildman–Crippen LogP) is 0.953. The molecular formula is C11H22N4O2. The number of piperidine rings is 1. The molecule has 17 heavy (non-hydrogen) atoms. The number of likely N-dealkylation sites (tertiary alicyclic amines) is 1. The molecule has 1 saturated heterocycles. The zero-order valence-corrected chi connectivity index (χ0v) is 10.5. The number of oxime groups is 1. The molecule has 1 heterocycles. The van der Waals surface area contributed by atoms with Gasteiger partial charge in [0.05, 0.1) is 0 Å². The van der Waals surface area contributed by atoms with E-state index in [0.717, 1.165) is 19.5 Å². The summed E-state index contributed by atoms with van der Waals surface area (Å²) >= 11 is 0. The maximum atomic E-state index is 11.9. The first kappa shape index (κ1) is 13.6. The summed E-state index contributed by atoms with van der Waals surface area (Å²) in [5.41, 5.74) is 5.39. The molecule has 1 aliphatic heterocycles. The van der Waals surface area contributed by atoms with Crippen molar-refractivity contribution in [2.45, 2.75) is 39.2 Å². The fourth-order valence-electron chi connectivity index (χ4n) is 2.08. The normalized spacial score (nSPS) is 23.3. The van der Waals surface area contributed by atoms with Gasteiger partial charge in [0.2, 0.25) is 0 Å². The third-order valence-electron chi connectivity index (χ3n) is 2.96. The number of urea groups is 1. The third kappa shape index (κ3) is 4.50. The number of carbonyl (C=O) groups is 1. The maximum Gasteiger partial charge on any atom is 0.317 e. The number of nitrogens with zero attached hydrogens (tertiary/aromatic N) is 2. The molecule has 6 nitrogen and oxygen atoms in total. The Labute approximate surface area is 102 Å². The number of amidine groups is 1. The molecule has 6 heteroatoms. The molecule has 0 spiro atoms. The molecule has 0 aliphatic carbocycles. The van der Waals surface area contributed by atoms with Gasteiger partial charge in [0.1, 0.15) is 5.84 Å². The van der Waals surface area contributed by atoms with Crippen LogP contribution in [0.5, 0.6) is 0 Å². The molecule has 1 rings (SSSR count). The standard InChI is InChI=1S/C11H22N4O2/c1-8-4-3-5-15(7-8)11(16)13-9(2)6-10(12)14-17/h8-9,17H,3-7H2,1-2H3,(H2,12,14)(H,13,16). The van der Waals surface area contributed by atoms with E-state index >= 15 is 0 Å². The van der Waals surface area contributed by atoms with Crippen molar-refractivity contribution in [1.82, 2.24) is 10.2 Å². The molecule has 2 amide bonds. The molecule has 0 aromatic heterocycles. The molecule has 1 fully saturated rings. The molecule has 4 N–H and O–H groups in total. The summed E-state index contributed by atoms with van der Waals surface area (Å²) in [4.78, 5) is 13.7. The summed E-state index contributed by atoms with van der Waals surface area (Å²) in [6, 6.07) is -0.189. The Hall–Kier alpha value is -1.46. The van der Waals surface area contributed by atoms with E-state index in [-0.39, 0.29) is 17.9 Å². The number of nitrogens with two attached hydrogens (primary N) is 1. The lowest BCUT2D eigenvalue weighted by Crippen LogP contribution is -2.48. The topological polar surface area (TPSA) is 91.0 Å². The summed E-state index contributed by atoms with van der Waals surface area (Å²) in [6.45, 7) is 5.61. The quantitative estimate of drug-likeness (QED) is 0.298. The molecular weight excluding hydrogens is 220 g/mol. The van der Waals surface area contributed by atoms with Crippen LogP contribution >= 0.6 is 0 Å². The minimum absolute atomic E-state index is 0.0604. The van der Waals surface area contributed by atoms with Crippen LogP contribution in [0.4, 0.5) is 4.79 Å². The molecule has 0 aromatic rings. The Morgan fingerprint density at radius 1 is 1.71 bits per heavy atom. The summed E-state index contributed by atoms with van der Waals surface area (Å²) in [6.07, 6.45) is 2.60. The zero-order valence-electron chi connectivity index (χ0n) is 10.5. The average molecular weight is 242 g/mol. The first-order valence-corrected chi connectivity index (χ1v) is 6.04. The minimum atomic E-state index is -0.129. The molecule has 98 valence electrons. The molecule has 0 bridgehead atoms. The van der Waals surface area contributed by atoms with E-state index in [0.29, 0.717) is 12.3 Å². The maximum absolute atomic E-state index is 11.9. The molecule has 0 saturated carbocycles. The molecule has 2 atom stereocenters. The summed E-state index contributed by atoms with van der Waals surface area (Å²) in [7, 11) is 0. The highest BCUT2D eigenvalue weighted by Crippen LogP contribution is 2.15. The van der Waals surface area contributed by atoms with E-state index in [1.54, 1.807) is 0 Å². The first-order valence-electron chi connectivity index (χ1n) is 6.04. The number of hydrogen-bond acceptors (Lipinski definition) is 3. The third-order valence-corrected chi connectivity index (χ3v) is 2.96. The number of amides is 2. The van der Waals surface area contributed by atoms with Gasteiger partial charge in [0, 0.05) is 25.6 Å². The van der Waals surface area contributed by atoms with Gasteiger partial charge in [-0.3, -0.25) is 0 Å². The van der Waals surface area contributed by atoms with Gasteiger partial charge in [-0.2, -0.15) is 0 Å². The van der Waals surface area contributed by atoms with Gasteiger partial charge >= 0.3 is 6.03 Å². The van der Waals surface area contributed by atoms with E-state index in [1.807, 2.05) is 11.8 Å². The van der Waals surface area contributed by atoms with Crippen LogP contribution < -0.4 is 11.1 Å². The summed E-state index contributed by atoms with van der Waals surface area (Å²) in [5.74, 6) is 0.693. The highest BCUT2D eigenvalue weighted by atomic mass is 16.4. The van der Waals surface area contributed by atoms with Gasteiger partial charge in [-0.05, 0) is 25.7 Å². The Morgan fingerprint density at radius 3 is 3.00 bits per heavy atom. The number of hydrogen-bond donors (Lipinski definition) is 3. The summed E-state index contributed by atoms with van der Waals surface area (Å²) in [5, 5.41) is 14.2. The van der Waals surface area contributed by atoms with Crippen LogP contribution in [0.3, 0.4) is 0 Å². The van der Waals surface area contributed by atoms with Crippen LogP contribution in [0.15, 0.2) is 5.16 Å². The van der Waals surface area contributed by atoms with Crippen molar-refractivity contribution in [2.75, 3.05) is 13.1 Å². The predicted molar refractivity (Wildman–Crippen MR) is 66.0 cm³/mol. The fraction of sp³-hybridized carbons (Fsp3) is 0.818. The minimum Gasteiger partial charge on any atom is -0.409 e. The van der Waals surface area contributed by atoms with Gasteiger partial charge in [0.15, 0.2) is 0 Å². The van der Waals surface area contributed by atoms with Crippen LogP contribution in [-0.2, 0) is 0 Å². The van der Waals surface area contributed by atoms with E-state index < -0.39 is 0 Å². The van der Waals surface area contributed by atoms with E-state index in [1.165, 1.54) is 6.42 Å². The van der Waals surface area contributed by atoms with E-state index in [9.17, 15) is 4.79 Å². The lowest BCUT2D eigenvalue weighted by molar-refractivity contribution is 0.167. The number of nitrogens with one attached hydrogen (secondary N) is 1. The van der Waals surface area contributed by atoms with E-state index in [2.05, 4.69) is 17.4 Å². The average Bonchev–Trinajstić information content (AvgIpc) is 2.28. The lowest BCUT2D eigenvalue weighted by Gasteiger charge is -2.31. The van der Waals surface area contributed by atoms with Gasteiger partial charge in [-0.25, -0.2) is 4.79 Å². The Kier molecular flexibility index (Phi) is 5.06. The molecule has 0 radical (unpaired) electrons. The Bertz CT molecular complexity index is 293. The van der Waals surface area contributed by atoms with Crippen molar-refractivity contribution in [1.29, 1.82) is 0 Å². The second-order valence-corrected chi connectivity index (χ2v) is 4.84. The summed E-state index contributed by atoms with van der Waals surface area (Å²) < 4.78 is 0. The molecule has 0 aromatic carbocycles. The zero-order chi connectivity index (χ0) is 12.8. The lowest BCUT2D eigenvalue weighted by atomic mass is 10.0. The second kappa shape index (κ2) is 6.32. The second-order valence-electron chi connectivity index (χ2n) is 4.84. The van der Waals surface area contributed by atoms with Crippen LogP contribution in [0.2, 0.25) is 0 Å². The molecule has 2 unspecified atom stereocenters. The van der Waals surface area contributed by atoms with Crippen molar-refractivity contribution >= 4 is 11.9 Å². The van der Waals surface area contributed by atoms with Crippen LogP contribution in [0.1, 0.15) is 33.1 Å². The van der Waals surface area contributed by atoms with E-state index in [4.69, 9.17) is 10.9 Å². The SMILES string of the molecule is CC1CCCN(C(=O)NC(C)CC(N)=NO)C1. The van der Waals surface area contributed by atoms with Gasteiger partial charge in [-0.15, -0.1) is 0 Å². The van der Waals surface area contributed by atoms with Gasteiger partial charge < -0.3 is 21.2 Å². The fourth-order valence-corrected chi connectivity index (χ4v) is 2.08. The highest BCUT2D eigenvalue weighted by Gasteiger charge is 2.21. The monoisotopic (exact) mass is 242 g/mol. The molecule has 1 aliphatic rings. The van der Waals surface area contributed by atoms with Gasteiger partial charge in [0.25, 0.3) is 0 Å². The first-order chi connectivity index (χ1) is 8.02. The van der Waals surface area contributed by atoms with Crippen LogP contribution in [0, 0.1) is 5.92 Å². The number of rotatable bonds is 3. The van der Waals surface area contributed by atoms with Crippen molar-refractivity contribution in [2.24, 2.45) is 16.8 Å². The largest absolute Gasteiger partial charge is 0.409 e. The highest BCUT2D eigenvalue weighted by molar-refractivity contribution is 5.81. The van der Waals surface area contributed by atoms with Crippen molar-refractivity contribution in [3.05, 3.63) is 0 Å². The number of carbonyl (C=O) groups excluding carboxylic acids is 1. The Morgan fingerprint density at radius 2 is 2.41 bits per heavy atom. The van der Waals surface area contributed by atoms with Crippen molar-refractivity contribution < 1.29 is 10.0 Å². The van der Waals surface area contributed by atoms with Crippen LogP contribution in [0.25, 0.3) is 0 Å². The van der Waals surface area contributed by atoms with Crippen LogP contribution in [-0.4, -0.2) is 41.1 Å². The van der Waals surface area contributed by atoms with Crippen molar-refractivity contribution in [3.8, 4) is 0 Å². The Balaban J connectivity index is 2.37. The van der Waals surface area contributed by atoms with Gasteiger partial charge in [-0.1, -0.05) is 12.1 Å².